The van der Waals surface area contributed by atoms with E-state index >= 15 is 0 Å². The van der Waals surface area contributed by atoms with E-state index in [0.717, 1.165) is 22.0 Å². The number of ether oxygens (including phenoxy) is 1. The van der Waals surface area contributed by atoms with Crippen molar-refractivity contribution in [3.8, 4) is 5.75 Å². The first-order valence-electron chi connectivity index (χ1n) is 9.78. The second-order valence-corrected chi connectivity index (χ2v) is 9.20. The molecule has 0 radical (unpaired) electrons. The van der Waals surface area contributed by atoms with Crippen LogP contribution in [0.1, 0.15) is 12.5 Å². The zero-order valence-electron chi connectivity index (χ0n) is 17.5. The number of nitrogens with zero attached hydrogens (tertiary/aromatic N) is 1. The highest BCUT2D eigenvalue weighted by Crippen LogP contribution is 2.26. The van der Waals surface area contributed by atoms with Crippen molar-refractivity contribution in [2.24, 2.45) is 0 Å². The van der Waals surface area contributed by atoms with Gasteiger partial charge in [-0.2, -0.15) is 0 Å². The molecule has 0 bridgehead atoms. The molecule has 3 rings (SSSR count). The summed E-state index contributed by atoms with van der Waals surface area (Å²) in [6, 6.07) is 15.7. The summed E-state index contributed by atoms with van der Waals surface area (Å²) < 4.78 is 46.5. The van der Waals surface area contributed by atoms with Gasteiger partial charge >= 0.3 is 0 Å². The molecule has 32 heavy (non-hydrogen) atoms. The van der Waals surface area contributed by atoms with Gasteiger partial charge in [-0.25, -0.2) is 12.8 Å². The van der Waals surface area contributed by atoms with Crippen molar-refractivity contribution in [1.29, 1.82) is 0 Å². The van der Waals surface area contributed by atoms with Crippen molar-refractivity contribution in [2.75, 3.05) is 22.8 Å². The number of hydrogen-bond donors (Lipinski definition) is 1. The van der Waals surface area contributed by atoms with Gasteiger partial charge in [-0.1, -0.05) is 11.6 Å². The maximum atomic E-state index is 13.4. The quantitative estimate of drug-likeness (QED) is 0.495. The van der Waals surface area contributed by atoms with Crippen LogP contribution < -0.4 is 14.4 Å². The van der Waals surface area contributed by atoms with Crippen molar-refractivity contribution < 1.29 is 22.3 Å². The number of sulfonamides is 1. The molecule has 1 amide bonds. The summed E-state index contributed by atoms with van der Waals surface area (Å²) in [7, 11) is -4.13. The van der Waals surface area contributed by atoms with E-state index < -0.39 is 28.3 Å². The molecule has 0 heterocycles. The third-order valence-corrected chi connectivity index (χ3v) is 6.61. The molecule has 0 aromatic heterocycles. The van der Waals surface area contributed by atoms with Gasteiger partial charge in [0.1, 0.15) is 18.1 Å². The molecule has 0 fully saturated rings. The maximum absolute atomic E-state index is 13.4. The Labute approximate surface area is 191 Å². The molecule has 9 heteroatoms. The minimum Gasteiger partial charge on any atom is -0.494 e. The van der Waals surface area contributed by atoms with E-state index in [9.17, 15) is 17.6 Å². The number of rotatable bonds is 8. The van der Waals surface area contributed by atoms with Crippen LogP contribution in [0, 0.1) is 12.7 Å². The van der Waals surface area contributed by atoms with Crippen molar-refractivity contribution in [1.82, 2.24) is 0 Å². The molecule has 3 aromatic rings. The van der Waals surface area contributed by atoms with Gasteiger partial charge in [-0.05, 0) is 86.1 Å². The average molecular weight is 477 g/mol. The lowest BCUT2D eigenvalue weighted by Gasteiger charge is -2.24. The molecule has 0 aliphatic heterocycles. The van der Waals surface area contributed by atoms with Crippen LogP contribution in [0.2, 0.25) is 5.02 Å². The number of hydrogen-bond acceptors (Lipinski definition) is 4. The molecule has 0 aliphatic rings. The molecular formula is C23H22ClFN2O4S. The zero-order chi connectivity index (χ0) is 23.3. The second-order valence-electron chi connectivity index (χ2n) is 6.90. The van der Waals surface area contributed by atoms with Crippen molar-refractivity contribution in [2.45, 2.75) is 18.7 Å². The first kappa shape index (κ1) is 23.6. The number of amides is 1. The molecule has 168 valence electrons. The van der Waals surface area contributed by atoms with Gasteiger partial charge in [-0.15, -0.1) is 0 Å². The van der Waals surface area contributed by atoms with E-state index in [1.54, 1.807) is 25.1 Å². The van der Waals surface area contributed by atoms with Gasteiger partial charge in [0.05, 0.1) is 17.2 Å². The molecule has 0 unspecified atom stereocenters. The van der Waals surface area contributed by atoms with Crippen LogP contribution in [-0.2, 0) is 14.8 Å². The maximum Gasteiger partial charge on any atom is 0.264 e. The van der Waals surface area contributed by atoms with E-state index in [0.29, 0.717) is 23.1 Å². The lowest BCUT2D eigenvalue weighted by molar-refractivity contribution is -0.114. The van der Waals surface area contributed by atoms with Crippen LogP contribution in [-0.4, -0.2) is 27.5 Å². The van der Waals surface area contributed by atoms with Crippen LogP contribution in [0.5, 0.6) is 5.75 Å². The minimum absolute atomic E-state index is 0.0271. The number of halogens is 2. The largest absolute Gasteiger partial charge is 0.494 e. The van der Waals surface area contributed by atoms with Gasteiger partial charge in [0, 0.05) is 10.7 Å². The van der Waals surface area contributed by atoms with Crippen LogP contribution in [0.4, 0.5) is 15.8 Å². The Kier molecular flexibility index (Phi) is 7.37. The molecule has 0 saturated heterocycles. The summed E-state index contributed by atoms with van der Waals surface area (Å²) in [5.74, 6) is -0.557. The highest BCUT2D eigenvalue weighted by Gasteiger charge is 2.27. The van der Waals surface area contributed by atoms with E-state index in [1.165, 1.54) is 36.4 Å². The Morgan fingerprint density at radius 3 is 2.31 bits per heavy atom. The standard InChI is InChI=1S/C23H22ClFN2O4S/c1-3-31-20-9-11-21(12-10-20)32(29,30)27(19-7-5-18(25)6-8-19)15-23(28)26-22-13-4-17(24)14-16(22)2/h4-14H,3,15H2,1-2H3,(H,26,28). The van der Waals surface area contributed by atoms with Crippen molar-refractivity contribution in [3.63, 3.8) is 0 Å². The molecule has 0 aliphatic carbocycles. The van der Waals surface area contributed by atoms with E-state index in [2.05, 4.69) is 5.32 Å². The number of aryl methyl sites for hydroxylation is 1. The monoisotopic (exact) mass is 476 g/mol. The Morgan fingerprint density at radius 2 is 1.72 bits per heavy atom. The Hall–Kier alpha value is -3.10. The average Bonchev–Trinajstić information content (AvgIpc) is 2.75. The topological polar surface area (TPSA) is 75.7 Å². The molecule has 6 nitrogen and oxygen atoms in total. The number of carbonyl (C=O) groups is 1. The molecule has 0 atom stereocenters. The predicted molar refractivity (Wildman–Crippen MR) is 123 cm³/mol. The fourth-order valence-corrected chi connectivity index (χ4v) is 4.66. The van der Waals surface area contributed by atoms with Crippen LogP contribution in [0.15, 0.2) is 71.6 Å². The second kappa shape index (κ2) is 10.0. The lowest BCUT2D eigenvalue weighted by Crippen LogP contribution is -2.38. The predicted octanol–water partition coefficient (Wildman–Crippen LogP) is 5.02. The Balaban J connectivity index is 1.92. The first-order valence-corrected chi connectivity index (χ1v) is 11.6. The van der Waals surface area contributed by atoms with E-state index in [-0.39, 0.29) is 10.6 Å². The van der Waals surface area contributed by atoms with E-state index in [4.69, 9.17) is 16.3 Å². The van der Waals surface area contributed by atoms with Gasteiger partial charge in [0.15, 0.2) is 0 Å². The van der Waals surface area contributed by atoms with Gasteiger partial charge in [0.2, 0.25) is 5.91 Å². The molecule has 1 N–H and O–H groups in total. The van der Waals surface area contributed by atoms with Crippen molar-refractivity contribution in [3.05, 3.63) is 83.1 Å². The van der Waals surface area contributed by atoms with Gasteiger partial charge in [-0.3, -0.25) is 9.10 Å². The third-order valence-electron chi connectivity index (χ3n) is 4.59. The normalized spacial score (nSPS) is 11.1. The number of nitrogens with one attached hydrogen (secondary N) is 1. The molecular weight excluding hydrogens is 455 g/mol. The van der Waals surface area contributed by atoms with Crippen molar-refractivity contribution >= 4 is 38.9 Å². The summed E-state index contributed by atoms with van der Waals surface area (Å²) in [4.78, 5) is 12.7. The summed E-state index contributed by atoms with van der Waals surface area (Å²) in [6.45, 7) is 3.53. The molecule has 3 aromatic carbocycles. The molecule has 0 saturated carbocycles. The highest BCUT2D eigenvalue weighted by molar-refractivity contribution is 7.92. The Morgan fingerprint density at radius 1 is 1.06 bits per heavy atom. The number of anilines is 2. The fraction of sp³-hybridized carbons (Fsp3) is 0.174. The SMILES string of the molecule is CCOc1ccc(S(=O)(=O)N(CC(=O)Nc2ccc(Cl)cc2C)c2ccc(F)cc2)cc1. The van der Waals surface area contributed by atoms with Crippen LogP contribution in [0.25, 0.3) is 0 Å². The zero-order valence-corrected chi connectivity index (χ0v) is 19.1. The summed E-state index contributed by atoms with van der Waals surface area (Å²) >= 11 is 5.95. The molecule has 0 spiro atoms. The smallest absolute Gasteiger partial charge is 0.264 e. The van der Waals surface area contributed by atoms with E-state index in [1.807, 2.05) is 6.92 Å². The number of carbonyl (C=O) groups excluding carboxylic acids is 1. The summed E-state index contributed by atoms with van der Waals surface area (Å²) in [5.41, 5.74) is 1.40. The minimum atomic E-state index is -4.13. The highest BCUT2D eigenvalue weighted by atomic mass is 35.5. The number of benzene rings is 3. The van der Waals surface area contributed by atoms with Gasteiger partial charge < -0.3 is 10.1 Å². The fourth-order valence-electron chi connectivity index (χ4n) is 3.01. The third kappa shape index (κ3) is 5.57. The van der Waals surface area contributed by atoms with Crippen LogP contribution in [0.3, 0.4) is 0 Å². The lowest BCUT2D eigenvalue weighted by atomic mass is 10.2. The first-order chi connectivity index (χ1) is 15.2. The van der Waals surface area contributed by atoms with Crippen LogP contribution >= 0.6 is 11.6 Å². The van der Waals surface area contributed by atoms with Gasteiger partial charge in [0.25, 0.3) is 10.0 Å². The summed E-state index contributed by atoms with van der Waals surface area (Å²) in [6.07, 6.45) is 0. The summed E-state index contributed by atoms with van der Waals surface area (Å²) in [5, 5.41) is 3.22. The Bertz CT molecular complexity index is 1200.